The van der Waals surface area contributed by atoms with Crippen LogP contribution in [0, 0.1) is 11.3 Å². The average Bonchev–Trinajstić information content (AvgIpc) is 2.59. The molecule has 0 aliphatic carbocycles. The molecule has 0 radical (unpaired) electrons. The number of nitrogens with zero attached hydrogens (tertiary/aromatic N) is 1. The van der Waals surface area contributed by atoms with Crippen molar-refractivity contribution in [1.29, 1.82) is 5.26 Å². The molecule has 0 aliphatic heterocycles. The summed E-state index contributed by atoms with van der Waals surface area (Å²) in [5.41, 5.74) is 1.27. The molecule has 116 valence electrons. The van der Waals surface area contributed by atoms with Crippen molar-refractivity contribution in [2.45, 2.75) is 13.3 Å². The monoisotopic (exact) mass is 369 g/mol. The van der Waals surface area contributed by atoms with Gasteiger partial charge in [0.1, 0.15) is 17.4 Å². The molecule has 0 saturated carbocycles. The van der Waals surface area contributed by atoms with E-state index in [-0.39, 0.29) is 11.4 Å². The summed E-state index contributed by atoms with van der Waals surface area (Å²) in [5, 5.41) is 9.36. The summed E-state index contributed by atoms with van der Waals surface area (Å²) >= 11 is 3.41. The zero-order chi connectivity index (χ0) is 16.7. The Balaban J connectivity index is 2.40. The summed E-state index contributed by atoms with van der Waals surface area (Å²) < 4.78 is 6.54. The van der Waals surface area contributed by atoms with E-state index in [2.05, 4.69) is 15.9 Å². The fourth-order valence-corrected chi connectivity index (χ4v) is 2.40. The summed E-state index contributed by atoms with van der Waals surface area (Å²) in [6.07, 6.45) is 2.46. The van der Waals surface area contributed by atoms with E-state index < -0.39 is 0 Å². The lowest BCUT2D eigenvalue weighted by Crippen LogP contribution is -2.02. The summed E-state index contributed by atoms with van der Waals surface area (Å²) in [7, 11) is 0. The van der Waals surface area contributed by atoms with Crippen LogP contribution in [0.3, 0.4) is 0 Å². The largest absolute Gasteiger partial charge is 0.493 e. The predicted molar refractivity (Wildman–Crippen MR) is 94.3 cm³/mol. The number of ketones is 1. The summed E-state index contributed by atoms with van der Waals surface area (Å²) in [6.45, 7) is 2.60. The van der Waals surface area contributed by atoms with Crippen molar-refractivity contribution < 1.29 is 9.53 Å². The standard InChI is InChI=1S/C19H16BrNO2/c1-2-10-23-18-9-8-17(20)12-15(18)11-16(13-21)19(22)14-6-4-3-5-7-14/h3-9,11-12H,2,10H2,1H3. The lowest BCUT2D eigenvalue weighted by atomic mass is 10.0. The van der Waals surface area contributed by atoms with Crippen LogP contribution in [-0.2, 0) is 0 Å². The van der Waals surface area contributed by atoms with Gasteiger partial charge in [0.25, 0.3) is 0 Å². The van der Waals surface area contributed by atoms with Gasteiger partial charge in [-0.1, -0.05) is 53.2 Å². The first-order valence-electron chi connectivity index (χ1n) is 7.29. The maximum atomic E-state index is 12.4. The fourth-order valence-electron chi connectivity index (χ4n) is 2.02. The number of halogens is 1. The minimum Gasteiger partial charge on any atom is -0.493 e. The zero-order valence-corrected chi connectivity index (χ0v) is 14.3. The van der Waals surface area contributed by atoms with E-state index in [1.54, 1.807) is 30.3 Å². The second-order valence-electron chi connectivity index (χ2n) is 4.90. The van der Waals surface area contributed by atoms with Crippen molar-refractivity contribution in [3.8, 4) is 11.8 Å². The number of hydrogen-bond acceptors (Lipinski definition) is 3. The average molecular weight is 370 g/mol. The van der Waals surface area contributed by atoms with Gasteiger partial charge in [-0.2, -0.15) is 5.26 Å². The molecule has 0 atom stereocenters. The molecule has 2 rings (SSSR count). The lowest BCUT2D eigenvalue weighted by molar-refractivity contribution is 0.104. The van der Waals surface area contributed by atoms with Gasteiger partial charge in [-0.25, -0.2) is 0 Å². The van der Waals surface area contributed by atoms with Crippen molar-refractivity contribution in [3.63, 3.8) is 0 Å². The van der Waals surface area contributed by atoms with Crippen molar-refractivity contribution in [3.05, 3.63) is 69.7 Å². The first-order valence-corrected chi connectivity index (χ1v) is 8.09. The number of ether oxygens (including phenoxy) is 1. The Morgan fingerprint density at radius 1 is 1.26 bits per heavy atom. The topological polar surface area (TPSA) is 50.1 Å². The number of carbonyl (C=O) groups excluding carboxylic acids is 1. The van der Waals surface area contributed by atoms with Crippen LogP contribution in [0.1, 0.15) is 29.3 Å². The highest BCUT2D eigenvalue weighted by molar-refractivity contribution is 9.10. The second kappa shape index (κ2) is 8.30. The van der Waals surface area contributed by atoms with E-state index >= 15 is 0 Å². The Kier molecular flexibility index (Phi) is 6.13. The fraction of sp³-hybridized carbons (Fsp3) is 0.158. The molecule has 0 heterocycles. The van der Waals surface area contributed by atoms with Gasteiger partial charge in [-0.3, -0.25) is 4.79 Å². The number of rotatable bonds is 6. The molecule has 0 unspecified atom stereocenters. The van der Waals surface area contributed by atoms with Crippen molar-refractivity contribution >= 4 is 27.8 Å². The SMILES string of the molecule is CCCOc1ccc(Br)cc1C=C(C#N)C(=O)c1ccccc1. The van der Waals surface area contributed by atoms with Crippen molar-refractivity contribution in [1.82, 2.24) is 0 Å². The Morgan fingerprint density at radius 3 is 2.65 bits per heavy atom. The van der Waals surface area contributed by atoms with Crippen molar-refractivity contribution in [2.75, 3.05) is 6.61 Å². The van der Waals surface area contributed by atoms with Gasteiger partial charge in [0.05, 0.1) is 6.61 Å². The van der Waals surface area contributed by atoms with Crippen LogP contribution in [-0.4, -0.2) is 12.4 Å². The van der Waals surface area contributed by atoms with Crippen LogP contribution in [0.25, 0.3) is 6.08 Å². The highest BCUT2D eigenvalue weighted by atomic mass is 79.9. The van der Waals surface area contributed by atoms with E-state index in [0.29, 0.717) is 23.5 Å². The highest BCUT2D eigenvalue weighted by Gasteiger charge is 2.13. The summed E-state index contributed by atoms with van der Waals surface area (Å²) in [5.74, 6) is 0.359. The lowest BCUT2D eigenvalue weighted by Gasteiger charge is -2.09. The molecule has 0 fully saturated rings. The Morgan fingerprint density at radius 2 is 2.00 bits per heavy atom. The van der Waals surface area contributed by atoms with E-state index in [9.17, 15) is 10.1 Å². The van der Waals surface area contributed by atoms with Crippen LogP contribution in [0.4, 0.5) is 0 Å². The summed E-state index contributed by atoms with van der Waals surface area (Å²) in [6, 6.07) is 16.3. The molecule has 2 aromatic rings. The van der Waals surface area contributed by atoms with Gasteiger partial charge in [0.2, 0.25) is 5.78 Å². The smallest absolute Gasteiger partial charge is 0.203 e. The predicted octanol–water partition coefficient (Wildman–Crippen LogP) is 5.03. The molecule has 0 aliphatic rings. The first kappa shape index (κ1) is 17.0. The zero-order valence-electron chi connectivity index (χ0n) is 12.8. The number of Topliss-reactive ketones (excluding diaryl/α,β-unsaturated/α-hetero) is 1. The molecule has 0 aromatic heterocycles. The Labute approximate surface area is 144 Å². The van der Waals surface area contributed by atoms with Gasteiger partial charge < -0.3 is 4.74 Å². The van der Waals surface area contributed by atoms with Gasteiger partial charge in [0.15, 0.2) is 0 Å². The molecule has 3 nitrogen and oxygen atoms in total. The third-order valence-electron chi connectivity index (χ3n) is 3.13. The third kappa shape index (κ3) is 4.54. The highest BCUT2D eigenvalue weighted by Crippen LogP contribution is 2.26. The third-order valence-corrected chi connectivity index (χ3v) is 3.63. The quantitative estimate of drug-likeness (QED) is 0.407. The normalized spacial score (nSPS) is 10.9. The van der Waals surface area contributed by atoms with E-state index in [1.165, 1.54) is 0 Å². The molecular formula is C19H16BrNO2. The number of allylic oxidation sites excluding steroid dienone is 1. The molecule has 2 aromatic carbocycles. The minimum atomic E-state index is -0.297. The van der Waals surface area contributed by atoms with Gasteiger partial charge in [-0.05, 0) is 30.7 Å². The summed E-state index contributed by atoms with van der Waals surface area (Å²) in [4.78, 5) is 12.4. The minimum absolute atomic E-state index is 0.0793. The molecule has 0 spiro atoms. The molecular weight excluding hydrogens is 354 g/mol. The molecule has 4 heteroatoms. The maximum Gasteiger partial charge on any atom is 0.203 e. The Bertz CT molecular complexity index is 761. The number of benzene rings is 2. The number of nitriles is 1. The van der Waals surface area contributed by atoms with Crippen LogP contribution in [0.2, 0.25) is 0 Å². The van der Waals surface area contributed by atoms with Crippen LogP contribution in [0.15, 0.2) is 58.6 Å². The second-order valence-corrected chi connectivity index (χ2v) is 5.81. The van der Waals surface area contributed by atoms with Gasteiger partial charge in [0, 0.05) is 15.6 Å². The molecule has 0 saturated heterocycles. The van der Waals surface area contributed by atoms with Gasteiger partial charge in [-0.15, -0.1) is 0 Å². The molecule has 0 amide bonds. The Hall–Kier alpha value is -2.38. The van der Waals surface area contributed by atoms with Crippen LogP contribution >= 0.6 is 15.9 Å². The first-order chi connectivity index (χ1) is 11.2. The van der Waals surface area contributed by atoms with E-state index in [4.69, 9.17) is 4.74 Å². The van der Waals surface area contributed by atoms with Crippen LogP contribution < -0.4 is 4.74 Å². The number of hydrogen-bond donors (Lipinski definition) is 0. The van der Waals surface area contributed by atoms with E-state index in [0.717, 1.165) is 10.9 Å². The van der Waals surface area contributed by atoms with E-state index in [1.807, 2.05) is 37.3 Å². The molecule has 0 bridgehead atoms. The number of carbonyl (C=O) groups is 1. The van der Waals surface area contributed by atoms with Gasteiger partial charge >= 0.3 is 0 Å². The maximum absolute atomic E-state index is 12.4. The molecule has 0 N–H and O–H groups in total. The van der Waals surface area contributed by atoms with Crippen molar-refractivity contribution in [2.24, 2.45) is 0 Å². The molecule has 23 heavy (non-hydrogen) atoms. The van der Waals surface area contributed by atoms with Crippen LogP contribution in [0.5, 0.6) is 5.75 Å².